The van der Waals surface area contributed by atoms with Gasteiger partial charge in [0.25, 0.3) is 0 Å². The van der Waals surface area contributed by atoms with Gasteiger partial charge in [-0.1, -0.05) is 45.9 Å². The second-order valence-corrected chi connectivity index (χ2v) is 3.29. The van der Waals surface area contributed by atoms with E-state index in [1.807, 2.05) is 6.08 Å². The van der Waals surface area contributed by atoms with E-state index in [2.05, 4.69) is 39.8 Å². The molecule has 0 unspecified atom stereocenters. The molecular formula is C13H18. The molecule has 0 bridgehead atoms. The van der Waals surface area contributed by atoms with Crippen molar-refractivity contribution in [2.24, 2.45) is 5.92 Å². The molecule has 0 radical (unpaired) electrons. The van der Waals surface area contributed by atoms with Crippen molar-refractivity contribution in [3.05, 3.63) is 36.0 Å². The van der Waals surface area contributed by atoms with Crippen LogP contribution in [0.25, 0.3) is 0 Å². The molecule has 0 N–H and O–H groups in total. The minimum absolute atomic E-state index is 0.409. The molecule has 0 heterocycles. The Morgan fingerprint density at radius 3 is 2.31 bits per heavy atom. The Hall–Kier alpha value is -1.22. The third kappa shape index (κ3) is 2.95. The number of terminal acetylenes is 1. The Kier molecular flexibility index (Phi) is 4.92. The van der Waals surface area contributed by atoms with Crippen LogP contribution >= 0.6 is 0 Å². The highest BCUT2D eigenvalue weighted by molar-refractivity contribution is 5.49. The lowest BCUT2D eigenvalue weighted by atomic mass is 9.92. The van der Waals surface area contributed by atoms with Crippen LogP contribution in [0.3, 0.4) is 0 Å². The van der Waals surface area contributed by atoms with E-state index in [0.29, 0.717) is 5.92 Å². The van der Waals surface area contributed by atoms with Crippen LogP contribution in [0.1, 0.15) is 27.2 Å². The summed E-state index contributed by atoms with van der Waals surface area (Å²) in [6, 6.07) is 0. The van der Waals surface area contributed by atoms with Gasteiger partial charge in [0.1, 0.15) is 0 Å². The Labute approximate surface area is 82.0 Å². The van der Waals surface area contributed by atoms with Crippen LogP contribution in [0.2, 0.25) is 0 Å². The summed E-state index contributed by atoms with van der Waals surface area (Å²) < 4.78 is 0. The van der Waals surface area contributed by atoms with Crippen LogP contribution in [0.4, 0.5) is 0 Å². The molecule has 0 spiro atoms. The van der Waals surface area contributed by atoms with Gasteiger partial charge in [0.05, 0.1) is 0 Å². The summed E-state index contributed by atoms with van der Waals surface area (Å²) in [6.07, 6.45) is 8.17. The molecule has 0 amide bonds. The summed E-state index contributed by atoms with van der Waals surface area (Å²) in [7, 11) is 0. The summed E-state index contributed by atoms with van der Waals surface area (Å²) >= 11 is 0. The van der Waals surface area contributed by atoms with Crippen molar-refractivity contribution < 1.29 is 0 Å². The van der Waals surface area contributed by atoms with E-state index in [1.165, 1.54) is 0 Å². The van der Waals surface area contributed by atoms with Crippen LogP contribution in [0.5, 0.6) is 0 Å². The molecule has 0 aliphatic carbocycles. The molecule has 70 valence electrons. The van der Waals surface area contributed by atoms with Crippen LogP contribution < -0.4 is 0 Å². The van der Waals surface area contributed by atoms with Crippen molar-refractivity contribution in [1.82, 2.24) is 0 Å². The van der Waals surface area contributed by atoms with Crippen molar-refractivity contribution in [3.63, 3.8) is 0 Å². The molecule has 0 aliphatic heterocycles. The largest absolute Gasteiger partial charge is 0.115 e. The van der Waals surface area contributed by atoms with Gasteiger partial charge in [-0.05, 0) is 23.5 Å². The fourth-order valence-corrected chi connectivity index (χ4v) is 1.19. The summed E-state index contributed by atoms with van der Waals surface area (Å²) in [4.78, 5) is 0. The number of allylic oxidation sites excluding steroid dienone is 4. The zero-order chi connectivity index (χ0) is 10.4. The third-order valence-corrected chi connectivity index (χ3v) is 2.06. The average molecular weight is 174 g/mol. The predicted octanol–water partition coefficient (Wildman–Crippen LogP) is 3.72. The number of hydrogen-bond acceptors (Lipinski definition) is 0. The normalized spacial score (nSPS) is 11.9. The Bertz CT molecular complexity index is 269. The maximum atomic E-state index is 5.45. The topological polar surface area (TPSA) is 0 Å². The van der Waals surface area contributed by atoms with E-state index in [0.717, 1.165) is 23.1 Å². The van der Waals surface area contributed by atoms with E-state index >= 15 is 0 Å². The lowest BCUT2D eigenvalue weighted by molar-refractivity contribution is 0.785. The maximum Gasteiger partial charge on any atom is 0.0303 e. The zero-order valence-electron chi connectivity index (χ0n) is 8.85. The molecule has 13 heavy (non-hydrogen) atoms. The lowest BCUT2D eigenvalue weighted by Gasteiger charge is -2.11. The first kappa shape index (κ1) is 11.8. The summed E-state index contributed by atoms with van der Waals surface area (Å²) in [6.45, 7) is 14.0. The predicted molar refractivity (Wildman–Crippen MR) is 60.3 cm³/mol. The highest BCUT2D eigenvalue weighted by Gasteiger charge is 2.07. The monoisotopic (exact) mass is 174 g/mol. The first-order valence-electron chi connectivity index (χ1n) is 4.59. The van der Waals surface area contributed by atoms with Gasteiger partial charge in [0.2, 0.25) is 0 Å². The Morgan fingerprint density at radius 1 is 1.54 bits per heavy atom. The standard InChI is InChI=1S/C13H18/c1-7-11(6)13(9-3)12(8-2)10(4)5/h3,8,10H,2,6-7H2,1,4-5H3. The van der Waals surface area contributed by atoms with Gasteiger partial charge in [-0.3, -0.25) is 0 Å². The van der Waals surface area contributed by atoms with E-state index in [4.69, 9.17) is 6.42 Å². The second kappa shape index (κ2) is 5.43. The first-order chi connectivity index (χ1) is 6.08. The number of rotatable bonds is 4. The molecule has 0 nitrogen and oxygen atoms in total. The van der Waals surface area contributed by atoms with Crippen molar-refractivity contribution in [1.29, 1.82) is 0 Å². The maximum absolute atomic E-state index is 5.45. The molecule has 0 saturated heterocycles. The van der Waals surface area contributed by atoms with Crippen LogP contribution in [0, 0.1) is 18.3 Å². The molecule has 0 fully saturated rings. The van der Waals surface area contributed by atoms with Gasteiger partial charge in [-0.2, -0.15) is 0 Å². The summed E-state index contributed by atoms with van der Waals surface area (Å²) in [5.74, 6) is 3.10. The SMILES string of the molecule is C#CC(C(=C)CC)=C(C=C)C(C)C. The second-order valence-electron chi connectivity index (χ2n) is 3.29. The Morgan fingerprint density at radius 2 is 2.08 bits per heavy atom. The highest BCUT2D eigenvalue weighted by Crippen LogP contribution is 2.22. The number of hydrogen-bond donors (Lipinski definition) is 0. The molecule has 0 atom stereocenters. The summed E-state index contributed by atoms with van der Waals surface area (Å²) in [5.41, 5.74) is 3.06. The smallest absolute Gasteiger partial charge is 0.0303 e. The van der Waals surface area contributed by atoms with E-state index in [-0.39, 0.29) is 0 Å². The molecule has 0 aromatic carbocycles. The zero-order valence-corrected chi connectivity index (χ0v) is 8.85. The molecule has 0 saturated carbocycles. The van der Waals surface area contributed by atoms with E-state index in [1.54, 1.807) is 0 Å². The van der Waals surface area contributed by atoms with Gasteiger partial charge in [0, 0.05) is 5.57 Å². The average Bonchev–Trinajstić information content (AvgIpc) is 2.12. The molecule has 0 rings (SSSR count). The van der Waals surface area contributed by atoms with E-state index in [9.17, 15) is 0 Å². The first-order valence-corrected chi connectivity index (χ1v) is 4.59. The van der Waals surface area contributed by atoms with Gasteiger partial charge in [0.15, 0.2) is 0 Å². The van der Waals surface area contributed by atoms with Crippen molar-refractivity contribution in [2.75, 3.05) is 0 Å². The van der Waals surface area contributed by atoms with Crippen molar-refractivity contribution >= 4 is 0 Å². The van der Waals surface area contributed by atoms with Crippen molar-refractivity contribution in [2.45, 2.75) is 27.2 Å². The van der Waals surface area contributed by atoms with Gasteiger partial charge in [-0.15, -0.1) is 6.42 Å². The fourth-order valence-electron chi connectivity index (χ4n) is 1.19. The molecule has 0 aliphatic rings. The summed E-state index contributed by atoms with van der Waals surface area (Å²) in [5, 5.41) is 0. The van der Waals surface area contributed by atoms with Gasteiger partial charge in [-0.25, -0.2) is 0 Å². The fraction of sp³-hybridized carbons (Fsp3) is 0.385. The molecule has 0 aromatic rings. The van der Waals surface area contributed by atoms with Gasteiger partial charge < -0.3 is 0 Å². The van der Waals surface area contributed by atoms with Gasteiger partial charge >= 0.3 is 0 Å². The van der Waals surface area contributed by atoms with Crippen LogP contribution in [-0.4, -0.2) is 0 Å². The van der Waals surface area contributed by atoms with Crippen LogP contribution in [-0.2, 0) is 0 Å². The van der Waals surface area contributed by atoms with E-state index < -0.39 is 0 Å². The lowest BCUT2D eigenvalue weighted by Crippen LogP contribution is -1.97. The Balaban J connectivity index is 5.21. The molecular weight excluding hydrogens is 156 g/mol. The minimum atomic E-state index is 0.409. The minimum Gasteiger partial charge on any atom is -0.115 e. The van der Waals surface area contributed by atoms with Crippen molar-refractivity contribution in [3.8, 4) is 12.3 Å². The van der Waals surface area contributed by atoms with Crippen LogP contribution in [0.15, 0.2) is 36.0 Å². The highest BCUT2D eigenvalue weighted by atomic mass is 14.1. The molecule has 0 heteroatoms. The third-order valence-electron chi connectivity index (χ3n) is 2.06. The molecule has 0 aromatic heterocycles. The quantitative estimate of drug-likeness (QED) is 0.450.